The van der Waals surface area contributed by atoms with E-state index in [0.717, 1.165) is 58.4 Å². The van der Waals surface area contributed by atoms with Gasteiger partial charge in [0.2, 0.25) is 0 Å². The summed E-state index contributed by atoms with van der Waals surface area (Å²) in [6.07, 6.45) is -2.36. The van der Waals surface area contributed by atoms with Crippen molar-refractivity contribution in [2.24, 2.45) is 5.92 Å². The fraction of sp³-hybridized carbons (Fsp3) is 0.333. The van der Waals surface area contributed by atoms with Crippen molar-refractivity contribution in [3.63, 3.8) is 0 Å². The van der Waals surface area contributed by atoms with Crippen LogP contribution < -0.4 is 16.0 Å². The first-order valence-electron chi connectivity index (χ1n) is 21.9. The number of fused-ring (bicyclic) bond motifs is 2. The van der Waals surface area contributed by atoms with E-state index in [4.69, 9.17) is 5.10 Å². The summed E-state index contributed by atoms with van der Waals surface area (Å²) < 4.78 is 79.5. The van der Waals surface area contributed by atoms with E-state index in [-0.39, 0.29) is 37.4 Å². The highest BCUT2D eigenvalue weighted by Crippen LogP contribution is 2.36. The lowest BCUT2D eigenvalue weighted by Crippen LogP contribution is -2.26. The Labute approximate surface area is 399 Å². The van der Waals surface area contributed by atoms with Gasteiger partial charge in [0.15, 0.2) is 17.1 Å². The number of carbonyl (C=O) groups is 2. The minimum Gasteiger partial charge on any atom is -0.392 e. The molecule has 1 amide bonds. The second-order valence-electron chi connectivity index (χ2n) is 16.9. The molecule has 0 radical (unpaired) electrons. The maximum absolute atomic E-state index is 12.8. The van der Waals surface area contributed by atoms with Crippen molar-refractivity contribution >= 4 is 62.1 Å². The van der Waals surface area contributed by atoms with Crippen LogP contribution in [-0.4, -0.2) is 77.5 Å². The molecular formula is C48H46BrF6N9O3S. The number of nitrogens with one attached hydrogen (secondary N) is 3. The van der Waals surface area contributed by atoms with Crippen LogP contribution in [0.3, 0.4) is 0 Å². The number of ketones is 1. The third-order valence-electron chi connectivity index (χ3n) is 11.4. The number of Topliss-reactive ketones (excluding diaryl/α,β-unsaturated/α-hetero) is 1. The molecule has 4 heterocycles. The molecule has 9 rings (SSSR count). The first-order chi connectivity index (χ1) is 32.4. The van der Waals surface area contributed by atoms with Crippen LogP contribution >= 0.6 is 27.7 Å². The van der Waals surface area contributed by atoms with Crippen LogP contribution in [0.4, 0.5) is 37.7 Å². The first kappa shape index (κ1) is 48.5. The van der Waals surface area contributed by atoms with E-state index in [1.165, 1.54) is 11.8 Å². The summed E-state index contributed by atoms with van der Waals surface area (Å²) in [5.41, 5.74) is 8.31. The molecule has 2 fully saturated rings. The fourth-order valence-electron chi connectivity index (χ4n) is 7.51. The molecule has 2 aliphatic carbocycles. The molecule has 0 atom stereocenters. The zero-order chi connectivity index (χ0) is 48.3. The van der Waals surface area contributed by atoms with E-state index in [1.807, 2.05) is 62.4 Å². The number of aromatic nitrogens is 6. The van der Waals surface area contributed by atoms with E-state index < -0.39 is 25.2 Å². The van der Waals surface area contributed by atoms with Gasteiger partial charge < -0.3 is 21.1 Å². The molecule has 4 aromatic heterocycles. The lowest BCUT2D eigenvalue weighted by atomic mass is 9.98. The van der Waals surface area contributed by atoms with Gasteiger partial charge in [-0.3, -0.25) is 9.59 Å². The van der Waals surface area contributed by atoms with E-state index in [2.05, 4.69) is 46.9 Å². The van der Waals surface area contributed by atoms with Crippen molar-refractivity contribution in [1.82, 2.24) is 34.5 Å². The molecule has 7 aromatic rings. The number of amides is 1. The van der Waals surface area contributed by atoms with Crippen LogP contribution in [0, 0.1) is 19.8 Å². The molecule has 0 aliphatic heterocycles. The Balaban J connectivity index is 0.000000189. The predicted octanol–water partition coefficient (Wildman–Crippen LogP) is 11.4. The number of hydrogen-bond acceptors (Lipinski definition) is 10. The maximum atomic E-state index is 12.8. The summed E-state index contributed by atoms with van der Waals surface area (Å²) in [5.74, 6) is 0.585. The van der Waals surface area contributed by atoms with Crippen LogP contribution in [0.2, 0.25) is 0 Å². The number of aryl methyl sites for hydroxylation is 2. The summed E-state index contributed by atoms with van der Waals surface area (Å²) in [7, 11) is 0. The van der Waals surface area contributed by atoms with Gasteiger partial charge in [-0.1, -0.05) is 48.2 Å². The number of alkyl halides is 6. The topological polar surface area (TPSA) is 151 Å². The molecule has 2 aliphatic rings. The molecule has 4 N–H and O–H groups in total. The molecule has 68 heavy (non-hydrogen) atoms. The third kappa shape index (κ3) is 12.2. The van der Waals surface area contributed by atoms with Gasteiger partial charge in [-0.05, 0) is 114 Å². The number of hydrogen-bond donors (Lipinski definition) is 4. The zero-order valence-electron chi connectivity index (χ0n) is 36.8. The number of benzene rings is 3. The monoisotopic (exact) mass is 1020 g/mol. The van der Waals surface area contributed by atoms with Gasteiger partial charge >= 0.3 is 12.4 Å². The number of aliphatic hydroxyl groups is 1. The van der Waals surface area contributed by atoms with Crippen molar-refractivity contribution in [1.29, 1.82) is 0 Å². The Hall–Kier alpha value is -5.99. The highest BCUT2D eigenvalue weighted by molar-refractivity contribution is 9.10. The number of halogens is 7. The second-order valence-corrected chi connectivity index (χ2v) is 18.7. The van der Waals surface area contributed by atoms with Crippen LogP contribution in [0.5, 0.6) is 0 Å². The number of rotatable bonds is 16. The number of aliphatic hydroxyl groups excluding tert-OH is 1. The second kappa shape index (κ2) is 20.3. The van der Waals surface area contributed by atoms with E-state index in [0.29, 0.717) is 67.2 Å². The van der Waals surface area contributed by atoms with Crippen LogP contribution in [0.15, 0.2) is 99.7 Å². The molecule has 2 saturated carbocycles. The minimum absolute atomic E-state index is 0.106. The van der Waals surface area contributed by atoms with Crippen molar-refractivity contribution < 1.29 is 41.0 Å². The van der Waals surface area contributed by atoms with Crippen molar-refractivity contribution in [3.05, 3.63) is 118 Å². The molecule has 0 saturated heterocycles. The lowest BCUT2D eigenvalue weighted by molar-refractivity contribution is -0.132. The largest absolute Gasteiger partial charge is 0.392 e. The first-order valence-corrected chi connectivity index (χ1v) is 23.5. The molecule has 0 bridgehead atoms. The van der Waals surface area contributed by atoms with Crippen molar-refractivity contribution in [2.45, 2.75) is 93.7 Å². The summed E-state index contributed by atoms with van der Waals surface area (Å²) in [6, 6.07) is 21.9. The van der Waals surface area contributed by atoms with Gasteiger partial charge in [0, 0.05) is 52.7 Å². The molecule has 3 aromatic carbocycles. The average molecular weight is 1020 g/mol. The van der Waals surface area contributed by atoms with E-state index in [1.54, 1.807) is 45.7 Å². The van der Waals surface area contributed by atoms with Gasteiger partial charge in [-0.15, -0.1) is 0 Å². The van der Waals surface area contributed by atoms with Crippen LogP contribution in [-0.2, 0) is 6.61 Å². The number of anilines is 2. The number of carbonyl (C=O) groups excluding carboxylic acids is 2. The Kier molecular flexibility index (Phi) is 14.5. The van der Waals surface area contributed by atoms with Crippen molar-refractivity contribution in [3.8, 4) is 22.5 Å². The Morgan fingerprint density at radius 2 is 1.31 bits per heavy atom. The van der Waals surface area contributed by atoms with Crippen molar-refractivity contribution in [2.75, 3.05) is 23.7 Å². The summed E-state index contributed by atoms with van der Waals surface area (Å²) >= 11 is 4.61. The van der Waals surface area contributed by atoms with Gasteiger partial charge in [0.05, 0.1) is 54.6 Å². The van der Waals surface area contributed by atoms with E-state index in [9.17, 15) is 41.0 Å². The Morgan fingerprint density at radius 3 is 1.85 bits per heavy atom. The molecule has 20 heteroatoms. The number of imidazole rings is 2. The summed E-state index contributed by atoms with van der Waals surface area (Å²) in [6.45, 7) is 3.04. The van der Waals surface area contributed by atoms with Gasteiger partial charge in [0.25, 0.3) is 5.91 Å². The highest BCUT2D eigenvalue weighted by atomic mass is 79.9. The van der Waals surface area contributed by atoms with Crippen LogP contribution in [0.25, 0.3) is 33.8 Å². The quantitative estimate of drug-likeness (QED) is 0.0544. The van der Waals surface area contributed by atoms with Gasteiger partial charge in [-0.2, -0.15) is 36.5 Å². The normalized spacial score (nSPS) is 13.9. The Bertz CT molecular complexity index is 2990. The molecule has 356 valence electrons. The summed E-state index contributed by atoms with van der Waals surface area (Å²) in [5, 5.41) is 28.0. The fourth-order valence-corrected chi connectivity index (χ4v) is 8.83. The average Bonchev–Trinajstić information content (AvgIpc) is 4.19. The zero-order valence-corrected chi connectivity index (χ0v) is 39.2. The predicted molar refractivity (Wildman–Crippen MR) is 251 cm³/mol. The maximum Gasteiger partial charge on any atom is 0.390 e. The van der Waals surface area contributed by atoms with Crippen LogP contribution in [0.1, 0.15) is 82.4 Å². The van der Waals surface area contributed by atoms with Gasteiger partial charge in [-0.25, -0.2) is 19.0 Å². The molecule has 12 nitrogen and oxygen atoms in total. The SMILES string of the molecule is Cc1cc(-c2cnc3c(NCCC(F)(F)F)cc(Br)nn23)ccc1C(=O)CC1CC1.Cc1cc(-c2cnc3c(NCCC(F)(F)F)cc(Sc4ccccc4CO)nn23)ccc1C(=O)NC1CC1. The highest BCUT2D eigenvalue weighted by Gasteiger charge is 2.29. The lowest BCUT2D eigenvalue weighted by Gasteiger charge is -2.13. The molecule has 0 spiro atoms. The van der Waals surface area contributed by atoms with E-state index >= 15 is 0 Å². The third-order valence-corrected chi connectivity index (χ3v) is 12.8. The minimum atomic E-state index is -4.29. The molecule has 0 unspecified atom stereocenters. The smallest absolute Gasteiger partial charge is 0.390 e. The number of nitrogens with zero attached hydrogens (tertiary/aromatic N) is 6. The summed E-state index contributed by atoms with van der Waals surface area (Å²) in [4.78, 5) is 34.6. The molecular weight excluding hydrogens is 977 g/mol. The standard InChI is InChI=1S/C27H26F3N5O2S.C21H20BrF3N4O/c1-16-12-17(6-9-20(16)26(37)33-19-7-8-19)22-14-32-25-21(31-11-10-27(28,29)30)13-24(34-35(22)25)38-23-5-3-2-4-18(23)15-36;1-12-8-14(4-5-15(12)18(30)9-13-2-3-13)17-11-27-20-16(10-19(22)28-29(17)20)26-7-6-21(23,24)25/h2-6,9,12-14,19,31,36H,7-8,10-11,15H2,1H3,(H,33,37);4-5,8,10-11,13,26H,2-3,6-7,9H2,1H3. The Morgan fingerprint density at radius 1 is 0.750 bits per heavy atom. The van der Waals surface area contributed by atoms with Gasteiger partial charge in [0.1, 0.15) is 9.63 Å².